The smallest absolute Gasteiger partial charge is 0.347 e. The predicted octanol–water partition coefficient (Wildman–Crippen LogP) is 1.50. The maximum atomic E-state index is 12.7. The van der Waals surface area contributed by atoms with Gasteiger partial charge in [0.15, 0.2) is 0 Å². The van der Waals surface area contributed by atoms with Gasteiger partial charge in [0.1, 0.15) is 16.4 Å². The minimum Gasteiger partial charge on any atom is -0.347 e. The molecule has 0 saturated carbocycles. The second kappa shape index (κ2) is 6.39. The van der Waals surface area contributed by atoms with Crippen molar-refractivity contribution in [2.45, 2.75) is 17.1 Å². The molecule has 2 aromatic rings. The van der Waals surface area contributed by atoms with Crippen molar-refractivity contribution in [3.8, 4) is 0 Å². The zero-order valence-corrected chi connectivity index (χ0v) is 14.0. The third-order valence-corrected chi connectivity index (χ3v) is 5.96. The Balaban J connectivity index is 1.84. The third-order valence-electron chi connectivity index (χ3n) is 4.11. The van der Waals surface area contributed by atoms with Gasteiger partial charge in [-0.05, 0) is 19.2 Å². The summed E-state index contributed by atoms with van der Waals surface area (Å²) < 4.78 is 64.4. The van der Waals surface area contributed by atoms with Gasteiger partial charge < -0.3 is 4.98 Å². The zero-order valence-electron chi connectivity index (χ0n) is 13.2. The minimum absolute atomic E-state index is 0.146. The number of sulfonamides is 1. The van der Waals surface area contributed by atoms with Gasteiger partial charge in [0, 0.05) is 38.2 Å². The Hall–Kier alpha value is -1.98. The van der Waals surface area contributed by atoms with Crippen molar-refractivity contribution in [1.29, 1.82) is 0 Å². The van der Waals surface area contributed by atoms with Crippen molar-refractivity contribution in [3.05, 3.63) is 42.2 Å². The summed E-state index contributed by atoms with van der Waals surface area (Å²) in [4.78, 5) is 12.1. The highest BCUT2D eigenvalue weighted by atomic mass is 32.2. The van der Waals surface area contributed by atoms with E-state index in [4.69, 9.17) is 0 Å². The highest BCUT2D eigenvalue weighted by Gasteiger charge is 2.36. The summed E-state index contributed by atoms with van der Waals surface area (Å²) in [6.07, 6.45) is -0.633. The summed E-state index contributed by atoms with van der Waals surface area (Å²) in [6.45, 7) is 0.850. The fraction of sp³-hybridized carbons (Fsp3) is 0.429. The third kappa shape index (κ3) is 3.53. The maximum Gasteiger partial charge on any atom is 0.433 e. The normalized spacial score (nSPS) is 20.7. The first-order chi connectivity index (χ1) is 11.7. The Morgan fingerprint density at radius 3 is 2.56 bits per heavy atom. The van der Waals surface area contributed by atoms with Gasteiger partial charge in [-0.3, -0.25) is 9.88 Å². The van der Waals surface area contributed by atoms with Crippen LogP contribution in [-0.4, -0.2) is 59.3 Å². The molecule has 0 spiro atoms. The van der Waals surface area contributed by atoms with Gasteiger partial charge in [-0.1, -0.05) is 0 Å². The first kappa shape index (κ1) is 17.8. The van der Waals surface area contributed by atoms with E-state index in [1.807, 2.05) is 11.9 Å². The van der Waals surface area contributed by atoms with Crippen LogP contribution in [0.4, 0.5) is 13.2 Å². The molecule has 0 radical (unpaired) electrons. The van der Waals surface area contributed by atoms with Crippen LogP contribution in [0.2, 0.25) is 0 Å². The molecule has 1 fully saturated rings. The summed E-state index contributed by atoms with van der Waals surface area (Å²) in [5.41, 5.74) is -1.13. The molecule has 1 saturated heterocycles. The first-order valence-electron chi connectivity index (χ1n) is 7.42. The Morgan fingerprint density at radius 1 is 1.24 bits per heavy atom. The summed E-state index contributed by atoms with van der Waals surface area (Å²) in [5, 5.41) is 0. The number of piperazine rings is 1. The summed E-state index contributed by atoms with van der Waals surface area (Å²) in [6, 6.07) is 1.35. The van der Waals surface area contributed by atoms with Crippen LogP contribution in [0.15, 0.2) is 35.6 Å². The number of hydrogen-bond donors (Lipinski definition) is 1. The number of nitrogens with one attached hydrogen (secondary N) is 1. The van der Waals surface area contributed by atoms with Gasteiger partial charge >= 0.3 is 6.18 Å². The monoisotopic (exact) mass is 375 g/mol. The lowest BCUT2D eigenvalue weighted by Gasteiger charge is -2.37. The molecule has 136 valence electrons. The molecule has 11 heteroatoms. The Labute approximate surface area is 142 Å². The Kier molecular flexibility index (Phi) is 4.56. The van der Waals surface area contributed by atoms with E-state index in [9.17, 15) is 21.6 Å². The van der Waals surface area contributed by atoms with E-state index in [0.29, 0.717) is 18.4 Å². The number of imidazole rings is 1. The molecule has 1 atom stereocenters. The van der Waals surface area contributed by atoms with Crippen molar-refractivity contribution < 1.29 is 21.6 Å². The standard InChI is InChI=1S/C14H16F3N5O2S/c1-21-6-7-22(9-11(21)13-18-4-5-19-13)25(23,24)10-2-3-12(20-8-10)14(15,16)17/h2-5,8,11H,6-7,9H2,1H3,(H,18,19)/t11-/m0/s1. The lowest BCUT2D eigenvalue weighted by Crippen LogP contribution is -2.49. The number of aromatic amines is 1. The van der Waals surface area contributed by atoms with E-state index in [1.165, 1.54) is 4.31 Å². The average molecular weight is 375 g/mol. The van der Waals surface area contributed by atoms with Crippen LogP contribution in [-0.2, 0) is 16.2 Å². The number of H-pyrrole nitrogens is 1. The number of rotatable bonds is 3. The zero-order chi connectivity index (χ0) is 18.2. The molecule has 0 amide bonds. The number of nitrogens with zero attached hydrogens (tertiary/aromatic N) is 4. The largest absolute Gasteiger partial charge is 0.433 e. The van der Waals surface area contributed by atoms with Crippen molar-refractivity contribution in [2.24, 2.45) is 0 Å². The maximum absolute atomic E-state index is 12.7. The van der Waals surface area contributed by atoms with Gasteiger partial charge in [-0.2, -0.15) is 17.5 Å². The number of hydrogen-bond acceptors (Lipinski definition) is 5. The number of halogens is 3. The molecular formula is C14H16F3N5O2S. The molecule has 1 aliphatic heterocycles. The fourth-order valence-electron chi connectivity index (χ4n) is 2.67. The van der Waals surface area contributed by atoms with E-state index in [0.717, 1.165) is 12.3 Å². The van der Waals surface area contributed by atoms with E-state index >= 15 is 0 Å². The Bertz CT molecular complexity index is 821. The van der Waals surface area contributed by atoms with Crippen LogP contribution in [0.5, 0.6) is 0 Å². The molecule has 0 aliphatic carbocycles. The van der Waals surface area contributed by atoms with Gasteiger partial charge in [0.25, 0.3) is 0 Å². The van der Waals surface area contributed by atoms with Crippen LogP contribution in [0.1, 0.15) is 17.6 Å². The number of aromatic nitrogens is 3. The highest BCUT2D eigenvalue weighted by molar-refractivity contribution is 7.89. The van der Waals surface area contributed by atoms with Crippen molar-refractivity contribution in [2.75, 3.05) is 26.7 Å². The number of pyridine rings is 1. The van der Waals surface area contributed by atoms with Gasteiger partial charge in [0.2, 0.25) is 10.0 Å². The predicted molar refractivity (Wildman–Crippen MR) is 82.0 cm³/mol. The molecule has 1 aliphatic rings. The summed E-state index contributed by atoms with van der Waals surface area (Å²) in [5.74, 6) is 0.632. The molecule has 25 heavy (non-hydrogen) atoms. The molecule has 2 aromatic heterocycles. The van der Waals surface area contributed by atoms with Crippen LogP contribution >= 0.6 is 0 Å². The highest BCUT2D eigenvalue weighted by Crippen LogP contribution is 2.29. The van der Waals surface area contributed by atoms with Crippen LogP contribution in [0.3, 0.4) is 0 Å². The number of likely N-dealkylation sites (N-methyl/N-ethyl adjacent to an activating group) is 1. The van der Waals surface area contributed by atoms with Crippen molar-refractivity contribution >= 4 is 10.0 Å². The molecule has 3 rings (SSSR count). The average Bonchev–Trinajstić information content (AvgIpc) is 3.08. The van der Waals surface area contributed by atoms with Crippen LogP contribution in [0, 0.1) is 0 Å². The molecule has 7 nitrogen and oxygen atoms in total. The summed E-state index contributed by atoms with van der Waals surface area (Å²) >= 11 is 0. The topological polar surface area (TPSA) is 82.2 Å². The van der Waals surface area contributed by atoms with E-state index in [2.05, 4.69) is 15.0 Å². The second-order valence-corrected chi connectivity index (χ2v) is 7.65. The van der Waals surface area contributed by atoms with Gasteiger partial charge in [-0.25, -0.2) is 13.4 Å². The lowest BCUT2D eigenvalue weighted by molar-refractivity contribution is -0.141. The molecule has 1 N–H and O–H groups in total. The number of alkyl halides is 3. The quantitative estimate of drug-likeness (QED) is 0.879. The van der Waals surface area contributed by atoms with Crippen molar-refractivity contribution in [3.63, 3.8) is 0 Å². The molecule has 0 bridgehead atoms. The molecule has 3 heterocycles. The Morgan fingerprint density at radius 2 is 2.00 bits per heavy atom. The second-order valence-electron chi connectivity index (χ2n) is 5.71. The van der Waals surface area contributed by atoms with Gasteiger partial charge in [-0.15, -0.1) is 0 Å². The van der Waals surface area contributed by atoms with Crippen LogP contribution in [0.25, 0.3) is 0 Å². The van der Waals surface area contributed by atoms with E-state index in [-0.39, 0.29) is 24.0 Å². The SMILES string of the molecule is CN1CCN(S(=O)(=O)c2ccc(C(F)(F)F)nc2)C[C@H]1c1ncc[nH]1. The minimum atomic E-state index is -4.61. The lowest BCUT2D eigenvalue weighted by atomic mass is 10.2. The fourth-order valence-corrected chi connectivity index (χ4v) is 4.06. The first-order valence-corrected chi connectivity index (χ1v) is 8.86. The van der Waals surface area contributed by atoms with Gasteiger partial charge in [0.05, 0.1) is 6.04 Å². The van der Waals surface area contributed by atoms with Crippen molar-refractivity contribution in [1.82, 2.24) is 24.2 Å². The van der Waals surface area contributed by atoms with Crippen LogP contribution < -0.4 is 0 Å². The van der Waals surface area contributed by atoms with E-state index in [1.54, 1.807) is 12.4 Å². The molecule has 0 aromatic carbocycles. The molecule has 0 unspecified atom stereocenters. The summed E-state index contributed by atoms with van der Waals surface area (Å²) in [7, 11) is -2.08. The van der Waals surface area contributed by atoms with E-state index < -0.39 is 21.9 Å². The molecular weight excluding hydrogens is 359 g/mol.